The third-order valence-corrected chi connectivity index (χ3v) is 13.9. The molecule has 0 aliphatic carbocycles. The van der Waals surface area contributed by atoms with Crippen molar-refractivity contribution in [3.8, 4) is 40.1 Å². The van der Waals surface area contributed by atoms with Crippen LogP contribution in [0, 0.1) is 17.9 Å². The van der Waals surface area contributed by atoms with E-state index >= 15 is 0 Å². The van der Waals surface area contributed by atoms with E-state index in [0.717, 1.165) is 92.9 Å². The Balaban J connectivity index is 1.23. The van der Waals surface area contributed by atoms with E-state index < -0.39 is 0 Å². The standard InChI is InChI=1S/C61H35N7/c1-63-60-59(57(67-51-30-14-6-22-42(51)43-23-7-15-31-52(43)67)37-64-61(60)68-53-32-16-8-24-44(53)45-25-9-17-33-54(45)68)58-46(36-62)55(65-47-26-10-2-18-38(47)39-19-3-11-27-48(39)65)34-35-56(58)66-49-28-12-4-20-40(49)41-21-5-13-29-50(41)66/h2-35,37H. The quantitative estimate of drug-likeness (QED) is 0.162. The van der Waals surface area contributed by atoms with Gasteiger partial charge in [-0.3, -0.25) is 0 Å². The Hall–Kier alpha value is -9.69. The van der Waals surface area contributed by atoms with Gasteiger partial charge in [-0.15, -0.1) is 0 Å². The number of nitrogens with zero attached hydrogens (tertiary/aromatic N) is 7. The van der Waals surface area contributed by atoms with Crippen LogP contribution in [0.2, 0.25) is 0 Å². The van der Waals surface area contributed by atoms with Crippen molar-refractivity contribution in [2.45, 2.75) is 0 Å². The van der Waals surface area contributed by atoms with Crippen molar-refractivity contribution < 1.29 is 0 Å². The summed E-state index contributed by atoms with van der Waals surface area (Å²) in [6, 6.07) is 74.1. The average molecular weight is 866 g/mol. The second-order valence-electron chi connectivity index (χ2n) is 17.2. The molecule has 0 saturated heterocycles. The molecule has 7 nitrogen and oxygen atoms in total. The predicted molar refractivity (Wildman–Crippen MR) is 278 cm³/mol. The van der Waals surface area contributed by atoms with Crippen LogP contribution < -0.4 is 0 Å². The Morgan fingerprint density at radius 3 is 0.985 bits per heavy atom. The molecule has 9 aromatic carbocycles. The summed E-state index contributed by atoms with van der Waals surface area (Å²) in [5, 5.41) is 20.8. The SMILES string of the molecule is [C-]#[N+]c1c(-n2c3ccccc3c3ccccc32)ncc(-n2c3ccccc3c3ccccc32)c1-c1c(-n2c3ccccc3c3ccccc32)ccc(-n2c3ccccc3c3ccccc32)c1C#N. The molecule has 0 unspecified atom stereocenters. The van der Waals surface area contributed by atoms with Gasteiger partial charge in [0.05, 0.1) is 79.5 Å². The van der Waals surface area contributed by atoms with Crippen molar-refractivity contribution in [2.75, 3.05) is 0 Å². The summed E-state index contributed by atoms with van der Waals surface area (Å²) in [5.41, 5.74) is 11.9. The van der Waals surface area contributed by atoms with Crippen LogP contribution in [0.5, 0.6) is 0 Å². The first-order chi connectivity index (χ1) is 33.7. The lowest BCUT2D eigenvalue weighted by molar-refractivity contribution is 1.06. The maximum Gasteiger partial charge on any atom is 0.238 e. The zero-order chi connectivity index (χ0) is 45.0. The highest BCUT2D eigenvalue weighted by Crippen LogP contribution is 2.50. The molecule has 0 aliphatic heterocycles. The lowest BCUT2D eigenvalue weighted by atomic mass is 9.93. The average Bonchev–Trinajstić information content (AvgIpc) is 4.13. The molecule has 0 amide bonds. The number of nitriles is 1. The summed E-state index contributed by atoms with van der Waals surface area (Å²) in [7, 11) is 0. The van der Waals surface area contributed by atoms with E-state index in [-0.39, 0.29) is 0 Å². The molecule has 0 fully saturated rings. The molecule has 14 aromatic rings. The topological polar surface area (TPSA) is 60.8 Å². The Bertz CT molecular complexity index is 4040. The summed E-state index contributed by atoms with van der Waals surface area (Å²) >= 11 is 0. The van der Waals surface area contributed by atoms with Crippen LogP contribution in [0.15, 0.2) is 212 Å². The van der Waals surface area contributed by atoms with Gasteiger partial charge in [-0.1, -0.05) is 146 Å². The molecule has 0 spiro atoms. The summed E-state index contributed by atoms with van der Waals surface area (Å²) in [6.07, 6.45) is 1.92. The lowest BCUT2D eigenvalue weighted by Crippen LogP contribution is -2.09. The van der Waals surface area contributed by atoms with Gasteiger partial charge in [0, 0.05) is 54.2 Å². The Morgan fingerprint density at radius 1 is 0.353 bits per heavy atom. The molecule has 0 atom stereocenters. The number of fused-ring (bicyclic) bond motifs is 12. The first-order valence-corrected chi connectivity index (χ1v) is 22.7. The number of hydrogen-bond acceptors (Lipinski definition) is 2. The molecule has 0 bridgehead atoms. The first-order valence-electron chi connectivity index (χ1n) is 22.7. The van der Waals surface area contributed by atoms with Gasteiger partial charge >= 0.3 is 0 Å². The van der Waals surface area contributed by atoms with E-state index in [4.69, 9.17) is 4.98 Å². The second-order valence-corrected chi connectivity index (χ2v) is 17.2. The van der Waals surface area contributed by atoms with Gasteiger partial charge in [0.1, 0.15) is 11.9 Å². The van der Waals surface area contributed by atoms with Crippen molar-refractivity contribution in [1.82, 2.24) is 23.3 Å². The van der Waals surface area contributed by atoms with Gasteiger partial charge in [-0.05, 0) is 60.7 Å². The minimum absolute atomic E-state index is 0.328. The zero-order valence-electron chi connectivity index (χ0n) is 36.3. The third kappa shape index (κ3) is 5.07. The fourth-order valence-electron chi connectivity index (χ4n) is 11.2. The number of hydrogen-bond donors (Lipinski definition) is 0. The van der Waals surface area contributed by atoms with Crippen molar-refractivity contribution >= 4 is 92.9 Å². The maximum absolute atomic E-state index is 12.1. The van der Waals surface area contributed by atoms with E-state index in [1.807, 2.05) is 18.3 Å². The molecule has 7 heteroatoms. The summed E-state index contributed by atoms with van der Waals surface area (Å²) < 4.78 is 8.86. The van der Waals surface area contributed by atoms with Gasteiger partial charge in [-0.2, -0.15) is 5.26 Å². The molecule has 5 aromatic heterocycles. The summed E-state index contributed by atoms with van der Waals surface area (Å²) in [4.78, 5) is 9.97. The van der Waals surface area contributed by atoms with Crippen LogP contribution in [0.4, 0.5) is 5.69 Å². The smallest absolute Gasteiger partial charge is 0.238 e. The monoisotopic (exact) mass is 865 g/mol. The molecule has 0 aliphatic rings. The van der Waals surface area contributed by atoms with Crippen molar-refractivity contribution in [2.24, 2.45) is 0 Å². The third-order valence-electron chi connectivity index (χ3n) is 13.9. The molecular weight excluding hydrogens is 831 g/mol. The van der Waals surface area contributed by atoms with Gasteiger partial charge in [0.25, 0.3) is 0 Å². The lowest BCUT2D eigenvalue weighted by Gasteiger charge is -2.24. The van der Waals surface area contributed by atoms with Gasteiger partial charge in [0.15, 0.2) is 0 Å². The predicted octanol–water partition coefficient (Wildman–Crippen LogP) is 15.6. The van der Waals surface area contributed by atoms with E-state index in [0.29, 0.717) is 39.6 Å². The first kappa shape index (κ1) is 37.7. The number of aromatic nitrogens is 5. The van der Waals surface area contributed by atoms with Crippen molar-refractivity contribution in [3.63, 3.8) is 0 Å². The molecular formula is C61H35N7. The van der Waals surface area contributed by atoms with Gasteiger partial charge in [0.2, 0.25) is 5.69 Å². The molecule has 14 rings (SSSR count). The molecule has 0 saturated carbocycles. The van der Waals surface area contributed by atoms with E-state index in [1.165, 1.54) is 0 Å². The number of para-hydroxylation sites is 8. The minimum atomic E-state index is 0.328. The largest absolute Gasteiger partial charge is 0.309 e. The van der Waals surface area contributed by atoms with Crippen molar-refractivity contribution in [1.29, 1.82) is 5.26 Å². The normalized spacial score (nSPS) is 11.8. The molecule has 0 radical (unpaired) electrons. The number of rotatable bonds is 5. The number of benzene rings is 9. The Labute approximate surface area is 389 Å². The number of pyridine rings is 1. The van der Waals surface area contributed by atoms with E-state index in [9.17, 15) is 11.8 Å². The van der Waals surface area contributed by atoms with E-state index in [1.54, 1.807) is 0 Å². The molecule has 0 N–H and O–H groups in total. The highest BCUT2D eigenvalue weighted by Gasteiger charge is 2.31. The van der Waals surface area contributed by atoms with Crippen LogP contribution in [0.3, 0.4) is 0 Å². The van der Waals surface area contributed by atoms with Gasteiger partial charge < -0.3 is 18.3 Å². The minimum Gasteiger partial charge on any atom is -0.309 e. The van der Waals surface area contributed by atoms with E-state index in [2.05, 4.69) is 223 Å². The molecule has 314 valence electrons. The molecule has 68 heavy (non-hydrogen) atoms. The van der Waals surface area contributed by atoms with Crippen LogP contribution >= 0.6 is 0 Å². The summed E-state index contributed by atoms with van der Waals surface area (Å²) in [6.45, 7) is 9.45. The van der Waals surface area contributed by atoms with Crippen LogP contribution in [0.25, 0.3) is 126 Å². The van der Waals surface area contributed by atoms with Crippen LogP contribution in [-0.2, 0) is 0 Å². The van der Waals surface area contributed by atoms with Crippen LogP contribution in [0.1, 0.15) is 5.56 Å². The highest BCUT2D eigenvalue weighted by atomic mass is 15.1. The fraction of sp³-hybridized carbons (Fsp3) is 0. The molecule has 5 heterocycles. The van der Waals surface area contributed by atoms with Crippen molar-refractivity contribution in [3.05, 3.63) is 229 Å². The highest BCUT2D eigenvalue weighted by molar-refractivity contribution is 6.15. The van der Waals surface area contributed by atoms with Gasteiger partial charge in [-0.25, -0.2) is 9.83 Å². The Morgan fingerprint density at radius 2 is 0.647 bits per heavy atom. The maximum atomic E-state index is 12.1. The second kappa shape index (κ2) is 14.4. The van der Waals surface area contributed by atoms with Crippen LogP contribution in [-0.4, -0.2) is 23.3 Å². The zero-order valence-corrected chi connectivity index (χ0v) is 36.3. The summed E-state index contributed by atoms with van der Waals surface area (Å²) in [5.74, 6) is 0.483. The fourth-order valence-corrected chi connectivity index (χ4v) is 11.2. The Kier molecular flexibility index (Phi) is 7.98.